The summed E-state index contributed by atoms with van der Waals surface area (Å²) in [6.45, 7) is -0.166. The number of carbonyl (C=O) groups excluding carboxylic acids is 1. The number of aromatic nitrogens is 2. The van der Waals surface area contributed by atoms with E-state index in [0.717, 1.165) is 41.0 Å². The number of piperazine rings is 1. The predicted octanol–water partition coefficient (Wildman–Crippen LogP) is 2.43. The molecule has 1 saturated carbocycles. The first-order valence-electron chi connectivity index (χ1n) is 10.6. The summed E-state index contributed by atoms with van der Waals surface area (Å²) < 4.78 is 71.9. The summed E-state index contributed by atoms with van der Waals surface area (Å²) in [5.74, 6) is 0.391. The molecule has 33 heavy (non-hydrogen) atoms. The van der Waals surface area contributed by atoms with Gasteiger partial charge in [-0.1, -0.05) is 6.07 Å². The molecule has 5 rings (SSSR count). The van der Waals surface area contributed by atoms with Crippen molar-refractivity contribution in [1.29, 1.82) is 0 Å². The second-order valence-corrected chi connectivity index (χ2v) is 10.5. The standard InChI is InChI=1S/C21H21F3N4O4S/c22-21(23,24)14-2-1-3-17(6-14)33(30,31)27-10-15-7-16(11-28(15)20(29)12-27)32-19-9-25-18(8-26-19)13-4-5-13/h1-3,6,8-9,13,15-16H,4-5,7,10-12H2/t15-,16+/m0/s1. The van der Waals surface area contributed by atoms with E-state index in [2.05, 4.69) is 9.97 Å². The number of halogens is 3. The minimum absolute atomic E-state index is 0.0174. The molecule has 2 aromatic rings. The summed E-state index contributed by atoms with van der Waals surface area (Å²) in [6, 6.07) is 3.11. The summed E-state index contributed by atoms with van der Waals surface area (Å²) in [5, 5.41) is 0. The van der Waals surface area contributed by atoms with Gasteiger partial charge in [-0.2, -0.15) is 17.5 Å². The van der Waals surface area contributed by atoms with Crippen LogP contribution in [0, 0.1) is 0 Å². The molecule has 0 bridgehead atoms. The van der Waals surface area contributed by atoms with Gasteiger partial charge in [0.05, 0.1) is 41.6 Å². The van der Waals surface area contributed by atoms with Crippen molar-refractivity contribution < 1.29 is 31.1 Å². The zero-order valence-electron chi connectivity index (χ0n) is 17.4. The molecule has 0 spiro atoms. The maximum absolute atomic E-state index is 13.0. The number of fused-ring (bicyclic) bond motifs is 1. The number of alkyl halides is 3. The maximum Gasteiger partial charge on any atom is 0.416 e. The zero-order chi connectivity index (χ0) is 23.4. The normalized spacial score (nSPS) is 24.1. The Hall–Kier alpha value is -2.73. The van der Waals surface area contributed by atoms with Crippen molar-refractivity contribution in [1.82, 2.24) is 19.2 Å². The molecule has 2 atom stereocenters. The number of amides is 1. The summed E-state index contributed by atoms with van der Waals surface area (Å²) in [7, 11) is -4.28. The Bertz CT molecular complexity index is 1170. The first kappa shape index (κ1) is 22.1. The fraction of sp³-hybridized carbons (Fsp3) is 0.476. The van der Waals surface area contributed by atoms with Gasteiger partial charge < -0.3 is 9.64 Å². The van der Waals surface area contributed by atoms with Gasteiger partial charge in [-0.3, -0.25) is 9.78 Å². The number of rotatable bonds is 5. The van der Waals surface area contributed by atoms with Gasteiger partial charge in [0.25, 0.3) is 0 Å². The molecule has 0 radical (unpaired) electrons. The van der Waals surface area contributed by atoms with Crippen molar-refractivity contribution in [3.05, 3.63) is 47.9 Å². The molecule has 12 heteroatoms. The third-order valence-electron chi connectivity index (χ3n) is 6.15. The van der Waals surface area contributed by atoms with Gasteiger partial charge in [0, 0.05) is 24.9 Å². The van der Waals surface area contributed by atoms with Crippen LogP contribution in [0.5, 0.6) is 5.88 Å². The lowest BCUT2D eigenvalue weighted by atomic mass is 10.1. The molecule has 3 heterocycles. The molecule has 1 amide bonds. The highest BCUT2D eigenvalue weighted by Crippen LogP contribution is 2.39. The van der Waals surface area contributed by atoms with Gasteiger partial charge in [-0.25, -0.2) is 13.4 Å². The molecule has 1 aromatic carbocycles. The second-order valence-electron chi connectivity index (χ2n) is 8.55. The fourth-order valence-corrected chi connectivity index (χ4v) is 5.76. The quantitative estimate of drug-likeness (QED) is 0.650. The van der Waals surface area contributed by atoms with Crippen LogP contribution in [0.3, 0.4) is 0 Å². The Morgan fingerprint density at radius 1 is 1.09 bits per heavy atom. The molecular weight excluding hydrogens is 461 g/mol. The van der Waals surface area contributed by atoms with Crippen LogP contribution in [0.1, 0.15) is 36.4 Å². The Labute approximate surface area is 188 Å². The van der Waals surface area contributed by atoms with Crippen molar-refractivity contribution in [2.24, 2.45) is 0 Å². The molecule has 2 aliphatic heterocycles. The number of ether oxygens (including phenoxy) is 1. The molecule has 2 saturated heterocycles. The van der Waals surface area contributed by atoms with Crippen molar-refractivity contribution in [2.75, 3.05) is 19.6 Å². The van der Waals surface area contributed by atoms with Gasteiger partial charge >= 0.3 is 6.18 Å². The van der Waals surface area contributed by atoms with Gasteiger partial charge in [0.1, 0.15) is 6.10 Å². The molecule has 3 aliphatic rings. The van der Waals surface area contributed by atoms with E-state index in [0.29, 0.717) is 24.3 Å². The fourth-order valence-electron chi connectivity index (χ4n) is 4.29. The highest BCUT2D eigenvalue weighted by atomic mass is 32.2. The van der Waals surface area contributed by atoms with Crippen LogP contribution in [0.4, 0.5) is 13.2 Å². The van der Waals surface area contributed by atoms with Gasteiger partial charge in [0.15, 0.2) is 0 Å². The van der Waals surface area contributed by atoms with E-state index in [1.807, 2.05) is 0 Å². The van der Waals surface area contributed by atoms with Crippen LogP contribution >= 0.6 is 0 Å². The highest BCUT2D eigenvalue weighted by molar-refractivity contribution is 7.89. The Morgan fingerprint density at radius 2 is 1.88 bits per heavy atom. The molecule has 1 aliphatic carbocycles. The molecule has 0 unspecified atom stereocenters. The van der Waals surface area contributed by atoms with Gasteiger partial charge in [-0.15, -0.1) is 0 Å². The molecule has 176 valence electrons. The Balaban J connectivity index is 1.28. The lowest BCUT2D eigenvalue weighted by Crippen LogP contribution is -2.55. The van der Waals surface area contributed by atoms with Crippen LogP contribution in [0.2, 0.25) is 0 Å². The van der Waals surface area contributed by atoms with Gasteiger partial charge in [0.2, 0.25) is 21.8 Å². The van der Waals surface area contributed by atoms with E-state index in [9.17, 15) is 26.4 Å². The van der Waals surface area contributed by atoms with Crippen LogP contribution < -0.4 is 4.74 Å². The SMILES string of the molecule is O=C1CN(S(=O)(=O)c2cccc(C(F)(F)F)c2)C[C@@H]2C[C@@H](Oc3cnc(C4CC4)cn3)CN12. The van der Waals surface area contributed by atoms with Crippen molar-refractivity contribution >= 4 is 15.9 Å². The Kier molecular flexibility index (Phi) is 5.31. The highest BCUT2D eigenvalue weighted by Gasteiger charge is 2.45. The molecule has 8 nitrogen and oxygen atoms in total. The molecule has 1 aromatic heterocycles. The monoisotopic (exact) mass is 482 g/mol. The summed E-state index contributed by atoms with van der Waals surface area (Å²) in [6.07, 6.45) is 0.784. The van der Waals surface area contributed by atoms with Gasteiger partial charge in [-0.05, 0) is 31.0 Å². The van der Waals surface area contributed by atoms with Crippen molar-refractivity contribution in [3.63, 3.8) is 0 Å². The van der Waals surface area contributed by atoms with E-state index in [1.54, 1.807) is 17.3 Å². The minimum atomic E-state index is -4.67. The summed E-state index contributed by atoms with van der Waals surface area (Å²) in [4.78, 5) is 22.4. The average molecular weight is 482 g/mol. The number of hydrogen-bond acceptors (Lipinski definition) is 6. The number of hydrogen-bond donors (Lipinski definition) is 0. The first-order chi connectivity index (χ1) is 15.6. The van der Waals surface area contributed by atoms with Crippen LogP contribution in [-0.2, 0) is 21.0 Å². The lowest BCUT2D eigenvalue weighted by Gasteiger charge is -2.36. The third kappa shape index (κ3) is 4.41. The van der Waals surface area contributed by atoms with E-state index in [4.69, 9.17) is 4.74 Å². The van der Waals surface area contributed by atoms with E-state index >= 15 is 0 Å². The number of nitrogens with zero attached hydrogens (tertiary/aromatic N) is 4. The van der Waals surface area contributed by atoms with E-state index < -0.39 is 45.2 Å². The predicted molar refractivity (Wildman–Crippen MR) is 109 cm³/mol. The smallest absolute Gasteiger partial charge is 0.416 e. The number of carbonyl (C=O) groups is 1. The second kappa shape index (κ2) is 7.94. The van der Waals surface area contributed by atoms with E-state index in [1.165, 1.54) is 0 Å². The zero-order valence-corrected chi connectivity index (χ0v) is 18.2. The summed E-state index contributed by atoms with van der Waals surface area (Å²) >= 11 is 0. The number of benzene rings is 1. The van der Waals surface area contributed by atoms with E-state index in [-0.39, 0.29) is 19.2 Å². The maximum atomic E-state index is 13.0. The van der Waals surface area contributed by atoms with Crippen LogP contribution in [0.15, 0.2) is 41.6 Å². The van der Waals surface area contributed by atoms with Crippen molar-refractivity contribution in [3.8, 4) is 5.88 Å². The molecule has 0 N–H and O–H groups in total. The topological polar surface area (TPSA) is 92.7 Å². The summed E-state index contributed by atoms with van der Waals surface area (Å²) in [5.41, 5.74) is -0.131. The molecular formula is C21H21F3N4O4S. The minimum Gasteiger partial charge on any atom is -0.471 e. The lowest BCUT2D eigenvalue weighted by molar-refractivity contribution is -0.138. The van der Waals surface area contributed by atoms with Crippen LogP contribution in [0.25, 0.3) is 0 Å². The molecule has 3 fully saturated rings. The Morgan fingerprint density at radius 3 is 2.55 bits per heavy atom. The largest absolute Gasteiger partial charge is 0.471 e. The van der Waals surface area contributed by atoms with Crippen molar-refractivity contribution in [2.45, 2.75) is 48.4 Å². The van der Waals surface area contributed by atoms with Crippen LogP contribution in [-0.4, -0.2) is 65.3 Å². The third-order valence-corrected chi connectivity index (χ3v) is 7.96. The first-order valence-corrected chi connectivity index (χ1v) is 12.0. The number of sulfonamides is 1. The average Bonchev–Trinajstić information content (AvgIpc) is 3.54.